The second-order valence-electron chi connectivity index (χ2n) is 10.4. The molecule has 5 aromatic carbocycles. The molecule has 0 unspecified atom stereocenters. The molecule has 5 aromatic rings. The van der Waals surface area contributed by atoms with Gasteiger partial charge in [-0.2, -0.15) is 27.1 Å². The zero-order valence-corrected chi connectivity index (χ0v) is 27.8. The van der Waals surface area contributed by atoms with Gasteiger partial charge in [0.25, 0.3) is 20.2 Å². The van der Waals surface area contributed by atoms with Gasteiger partial charge >= 0.3 is 0 Å². The highest BCUT2D eigenvalue weighted by atomic mass is 32.3. The first-order valence-corrected chi connectivity index (χ1v) is 19.1. The summed E-state index contributed by atoms with van der Waals surface area (Å²) < 4.78 is 128. The molecule has 0 aliphatic heterocycles. The Morgan fingerprint density at radius 2 is 0.958 bits per heavy atom. The van der Waals surface area contributed by atoms with Crippen molar-refractivity contribution in [2.45, 2.75) is 33.4 Å². The fraction of sp³-hybridized carbons (Fsp3) is 0.0714. The third-order valence-electron chi connectivity index (χ3n) is 6.97. The molecule has 0 radical (unpaired) electrons. The Kier molecular flexibility index (Phi) is 9.24. The lowest BCUT2D eigenvalue weighted by atomic mass is 10.1. The number of nitrogens with zero attached hydrogens (tertiary/aromatic N) is 4. The molecule has 5 rings (SSSR count). The zero-order chi connectivity index (χ0) is 35.4. The smallest absolute Gasteiger partial charge is 0.295 e. The predicted octanol–water partition coefficient (Wildman–Crippen LogP) is 9.10. The summed E-state index contributed by atoms with van der Waals surface area (Å²) in [6.07, 6.45) is 0. The standard InChI is InChI=1S/C28H26N4O12S4/c1-15-3-6-24(16(2)9-15)30-32-25-7-8-26(21-12-18(45(33,34)35)4-5-20(21)25)31-29-17-10-22-23(27(11-17)47(39,40)41)13-19(46(36,37)38)14-28(22)48(42,43)44/h3-14,33-38H,1-2H3,(H,39,40,41)(H,42,43,44). The summed E-state index contributed by atoms with van der Waals surface area (Å²) >= 11 is 0. The van der Waals surface area contributed by atoms with Crippen molar-refractivity contribution in [1.82, 2.24) is 0 Å². The van der Waals surface area contributed by atoms with Crippen LogP contribution in [-0.2, 0) is 20.2 Å². The second kappa shape index (κ2) is 12.5. The average Bonchev–Trinajstić information content (AvgIpc) is 2.96. The van der Waals surface area contributed by atoms with Crippen LogP contribution in [0.5, 0.6) is 0 Å². The van der Waals surface area contributed by atoms with E-state index in [4.69, 9.17) is 0 Å². The third kappa shape index (κ3) is 7.54. The lowest BCUT2D eigenvalue weighted by molar-refractivity contribution is 0.374. The van der Waals surface area contributed by atoms with Crippen LogP contribution in [0.3, 0.4) is 0 Å². The molecule has 0 fully saturated rings. The van der Waals surface area contributed by atoms with Crippen LogP contribution in [-0.4, -0.2) is 53.3 Å². The van der Waals surface area contributed by atoms with Gasteiger partial charge < -0.3 is 27.3 Å². The molecule has 0 aliphatic carbocycles. The van der Waals surface area contributed by atoms with Crippen LogP contribution in [0.15, 0.2) is 113 Å². The van der Waals surface area contributed by atoms with E-state index in [1.807, 2.05) is 26.0 Å². The van der Waals surface area contributed by atoms with Crippen LogP contribution >= 0.6 is 21.7 Å². The van der Waals surface area contributed by atoms with Gasteiger partial charge in [0.1, 0.15) is 31.5 Å². The highest BCUT2D eigenvalue weighted by Gasteiger charge is 2.27. The first-order chi connectivity index (χ1) is 22.1. The monoisotopic (exact) mass is 738 g/mol. The predicted molar refractivity (Wildman–Crippen MR) is 179 cm³/mol. The summed E-state index contributed by atoms with van der Waals surface area (Å²) in [5, 5.41) is 16.1. The van der Waals surface area contributed by atoms with Gasteiger partial charge in [-0.3, -0.25) is 9.11 Å². The topological polar surface area (TPSA) is 280 Å². The maximum absolute atomic E-state index is 12.3. The molecule has 0 amide bonds. The van der Waals surface area contributed by atoms with E-state index in [0.717, 1.165) is 23.3 Å². The molecule has 0 saturated heterocycles. The summed E-state index contributed by atoms with van der Waals surface area (Å²) in [7, 11) is -19.2. The zero-order valence-electron chi connectivity index (χ0n) is 24.6. The number of hydrogen-bond donors (Lipinski definition) is 8. The molecular formula is C28H26N4O12S4. The number of fused-ring (bicyclic) bond motifs is 2. The van der Waals surface area contributed by atoms with Crippen LogP contribution in [0.25, 0.3) is 21.5 Å². The van der Waals surface area contributed by atoms with Gasteiger partial charge in [-0.15, -0.1) is 10.2 Å². The quantitative estimate of drug-likeness (QED) is 0.0546. The van der Waals surface area contributed by atoms with Crippen molar-refractivity contribution in [2.75, 3.05) is 0 Å². The van der Waals surface area contributed by atoms with Gasteiger partial charge in [0, 0.05) is 21.5 Å². The van der Waals surface area contributed by atoms with Crippen molar-refractivity contribution in [3.05, 3.63) is 83.9 Å². The summed E-state index contributed by atoms with van der Waals surface area (Å²) in [6, 6.07) is 15.3. The Labute approximate surface area is 276 Å². The van der Waals surface area contributed by atoms with E-state index >= 15 is 0 Å². The molecule has 254 valence electrons. The summed E-state index contributed by atoms with van der Waals surface area (Å²) in [6.45, 7) is 3.79. The van der Waals surface area contributed by atoms with E-state index in [2.05, 4.69) is 20.5 Å². The maximum Gasteiger partial charge on any atom is 0.295 e. The molecule has 20 heteroatoms. The van der Waals surface area contributed by atoms with Crippen molar-refractivity contribution in [1.29, 1.82) is 0 Å². The molecule has 0 spiro atoms. The van der Waals surface area contributed by atoms with Crippen molar-refractivity contribution < 1.29 is 53.3 Å². The minimum absolute atomic E-state index is 0.0223. The minimum atomic E-state index is -5.20. The number of azo groups is 2. The van der Waals surface area contributed by atoms with Gasteiger partial charge in [-0.25, -0.2) is 0 Å². The highest BCUT2D eigenvalue weighted by Crippen LogP contribution is 2.48. The maximum atomic E-state index is 12.3. The Hall–Kier alpha value is -3.90. The van der Waals surface area contributed by atoms with Gasteiger partial charge in [0.15, 0.2) is 0 Å². The van der Waals surface area contributed by atoms with Crippen LogP contribution in [0.4, 0.5) is 22.7 Å². The second-order valence-corrected chi connectivity index (χ2v) is 16.2. The van der Waals surface area contributed by atoms with E-state index in [0.29, 0.717) is 28.9 Å². The molecule has 0 aromatic heterocycles. The Morgan fingerprint density at radius 3 is 1.54 bits per heavy atom. The summed E-state index contributed by atoms with van der Waals surface area (Å²) in [5.74, 6) is 0. The molecule has 0 saturated carbocycles. The van der Waals surface area contributed by atoms with Gasteiger partial charge in [-0.05, 0) is 74.0 Å². The number of benzene rings is 5. The molecule has 0 atom stereocenters. The van der Waals surface area contributed by atoms with Crippen LogP contribution in [0.2, 0.25) is 0 Å². The largest absolute Gasteiger partial charge is 0.304 e. The fourth-order valence-corrected chi connectivity index (χ4v) is 7.37. The molecular weight excluding hydrogens is 713 g/mol. The Balaban J connectivity index is 1.71. The van der Waals surface area contributed by atoms with Crippen LogP contribution in [0.1, 0.15) is 11.1 Å². The van der Waals surface area contributed by atoms with Crippen LogP contribution in [0, 0.1) is 13.8 Å². The molecule has 48 heavy (non-hydrogen) atoms. The van der Waals surface area contributed by atoms with E-state index in [1.165, 1.54) is 30.3 Å². The Bertz CT molecular complexity index is 2400. The number of aryl methyl sites for hydroxylation is 2. The molecule has 0 aliphatic rings. The van der Waals surface area contributed by atoms with Crippen molar-refractivity contribution in [3.63, 3.8) is 0 Å². The third-order valence-corrected chi connectivity index (χ3v) is 10.5. The Morgan fingerprint density at radius 1 is 0.458 bits per heavy atom. The number of hydrogen-bond acceptors (Lipinski definition) is 14. The average molecular weight is 739 g/mol. The van der Waals surface area contributed by atoms with E-state index in [1.54, 1.807) is 6.07 Å². The van der Waals surface area contributed by atoms with Crippen molar-refractivity contribution in [2.24, 2.45) is 20.5 Å². The molecule has 0 heterocycles. The van der Waals surface area contributed by atoms with E-state index in [-0.39, 0.29) is 21.7 Å². The molecule has 0 bridgehead atoms. The number of rotatable bonds is 8. The van der Waals surface area contributed by atoms with Crippen molar-refractivity contribution in [3.8, 4) is 0 Å². The lowest BCUT2D eigenvalue weighted by Gasteiger charge is -2.21. The normalized spacial score (nSPS) is 14.0. The summed E-state index contributed by atoms with van der Waals surface area (Å²) in [4.78, 5) is -3.17. The van der Waals surface area contributed by atoms with Gasteiger partial charge in [0.2, 0.25) is 0 Å². The van der Waals surface area contributed by atoms with Gasteiger partial charge in [0.05, 0.1) is 32.5 Å². The molecule has 8 N–H and O–H groups in total. The highest BCUT2D eigenvalue weighted by molar-refractivity contribution is 8.19. The SMILES string of the molecule is Cc1ccc(N=Nc2ccc(N=Nc3cc(S(=O)(=O)O)c4cc(S(O)(O)O)cc(S(=O)(=O)O)c4c3)c3cc(S(O)(O)O)ccc23)c(C)c1. The summed E-state index contributed by atoms with van der Waals surface area (Å²) in [5.41, 5.74) is 2.44. The fourth-order valence-electron chi connectivity index (χ4n) is 4.78. The first-order valence-electron chi connectivity index (χ1n) is 13.2. The lowest BCUT2D eigenvalue weighted by Crippen LogP contribution is -2.06. The van der Waals surface area contributed by atoms with Gasteiger partial charge in [-0.1, -0.05) is 23.8 Å². The minimum Gasteiger partial charge on any atom is -0.304 e. The first kappa shape index (κ1) is 35.4. The molecule has 16 nitrogen and oxygen atoms in total. The van der Waals surface area contributed by atoms with Crippen molar-refractivity contribution >= 4 is 86.3 Å². The van der Waals surface area contributed by atoms with E-state index < -0.39 is 67.4 Å². The van der Waals surface area contributed by atoms with Crippen LogP contribution < -0.4 is 0 Å². The van der Waals surface area contributed by atoms with E-state index in [9.17, 15) is 53.3 Å².